The number of aryl methyl sites for hydroxylation is 1. The maximum atomic E-state index is 12.7. The van der Waals surface area contributed by atoms with Gasteiger partial charge in [0.15, 0.2) is 0 Å². The molecule has 5 heteroatoms. The number of carbonyl (C=O) groups excluding carboxylic acids is 1. The fourth-order valence-electron chi connectivity index (χ4n) is 3.17. The van der Waals surface area contributed by atoms with Crippen molar-refractivity contribution in [2.75, 3.05) is 19.8 Å². The number of likely N-dealkylation sites (tertiary alicyclic amines) is 1. The van der Waals surface area contributed by atoms with Crippen LogP contribution in [0, 0.1) is 6.92 Å². The van der Waals surface area contributed by atoms with E-state index in [1.165, 1.54) is 11.3 Å². The summed E-state index contributed by atoms with van der Waals surface area (Å²) in [6.45, 7) is 7.57. The third-order valence-electron chi connectivity index (χ3n) is 4.11. The Balaban J connectivity index is 1.77. The van der Waals surface area contributed by atoms with Crippen molar-refractivity contribution in [2.45, 2.75) is 38.0 Å². The number of fused-ring (bicyclic) bond motifs is 1. The Hall–Kier alpha value is -1.17. The number of thiophene rings is 1. The van der Waals surface area contributed by atoms with E-state index in [-0.39, 0.29) is 24.2 Å². The summed E-state index contributed by atoms with van der Waals surface area (Å²) in [6.07, 6.45) is 3.70. The van der Waals surface area contributed by atoms with Crippen LogP contribution in [-0.4, -0.2) is 48.8 Å². The molecule has 0 aromatic carbocycles. The van der Waals surface area contributed by atoms with Gasteiger partial charge in [-0.05, 0) is 36.8 Å². The molecule has 3 atom stereocenters. The highest BCUT2D eigenvalue weighted by Crippen LogP contribution is 2.32. The van der Waals surface area contributed by atoms with Gasteiger partial charge in [-0.1, -0.05) is 6.08 Å². The molecule has 0 N–H and O–H groups in total. The number of hydrogen-bond donors (Lipinski definition) is 0. The van der Waals surface area contributed by atoms with Crippen LogP contribution in [0.5, 0.6) is 0 Å². The molecule has 2 fully saturated rings. The second-order valence-corrected chi connectivity index (χ2v) is 6.56. The van der Waals surface area contributed by atoms with Crippen LogP contribution in [0.15, 0.2) is 24.1 Å². The molecule has 1 aromatic rings. The first-order valence-corrected chi connectivity index (χ1v) is 8.29. The van der Waals surface area contributed by atoms with Gasteiger partial charge in [0.25, 0.3) is 5.91 Å². The first-order chi connectivity index (χ1) is 10.2. The highest BCUT2D eigenvalue weighted by molar-refractivity contribution is 7.12. The van der Waals surface area contributed by atoms with E-state index in [0.717, 1.165) is 29.9 Å². The van der Waals surface area contributed by atoms with Crippen LogP contribution >= 0.6 is 11.3 Å². The second-order valence-electron chi connectivity index (χ2n) is 5.65. The van der Waals surface area contributed by atoms with E-state index in [1.54, 1.807) is 6.08 Å². The van der Waals surface area contributed by atoms with Crippen molar-refractivity contribution in [1.82, 2.24) is 4.90 Å². The molecule has 2 aliphatic rings. The van der Waals surface area contributed by atoms with Crippen molar-refractivity contribution >= 4 is 17.2 Å². The third-order valence-corrected chi connectivity index (χ3v) is 5.14. The molecular weight excluding hydrogens is 286 g/mol. The standard InChI is InChI=1S/C16H21NO3S/c1-3-6-19-13-9-17(12-5-4-7-20-15(12)13)16(18)14-8-11(2)10-21-14/h3,8,10,12-13,15H,1,4-7,9H2,2H3/t12-,13+,15+/m1/s1. The molecule has 3 rings (SSSR count). The van der Waals surface area contributed by atoms with Crippen LogP contribution in [-0.2, 0) is 9.47 Å². The van der Waals surface area contributed by atoms with Gasteiger partial charge in [0.1, 0.15) is 12.2 Å². The molecule has 0 aliphatic carbocycles. The Morgan fingerprint density at radius 2 is 2.52 bits per heavy atom. The van der Waals surface area contributed by atoms with Crippen molar-refractivity contribution in [3.8, 4) is 0 Å². The number of carbonyl (C=O) groups is 1. The molecule has 0 spiro atoms. The summed E-state index contributed by atoms with van der Waals surface area (Å²) < 4.78 is 11.7. The number of nitrogens with zero attached hydrogens (tertiary/aromatic N) is 1. The van der Waals surface area contributed by atoms with Crippen LogP contribution in [0.1, 0.15) is 28.1 Å². The maximum Gasteiger partial charge on any atom is 0.264 e. The van der Waals surface area contributed by atoms with Gasteiger partial charge in [-0.15, -0.1) is 17.9 Å². The summed E-state index contributed by atoms with van der Waals surface area (Å²) in [5.41, 5.74) is 1.14. The summed E-state index contributed by atoms with van der Waals surface area (Å²) in [5.74, 6) is 0.110. The van der Waals surface area contributed by atoms with E-state index < -0.39 is 0 Å². The predicted molar refractivity (Wildman–Crippen MR) is 82.8 cm³/mol. The van der Waals surface area contributed by atoms with E-state index in [0.29, 0.717) is 13.2 Å². The minimum atomic E-state index is -0.0432. The van der Waals surface area contributed by atoms with Gasteiger partial charge >= 0.3 is 0 Å². The SMILES string of the molecule is C=CCO[C@H]1CN(C(=O)c2cc(C)cs2)[C@@H]2CCCO[C@H]12. The first kappa shape index (κ1) is 14.8. The largest absolute Gasteiger partial charge is 0.373 e. The van der Waals surface area contributed by atoms with Gasteiger partial charge in [0.05, 0.1) is 24.1 Å². The summed E-state index contributed by atoms with van der Waals surface area (Å²) >= 11 is 1.51. The Morgan fingerprint density at radius 3 is 3.24 bits per heavy atom. The normalized spacial score (nSPS) is 28.4. The summed E-state index contributed by atoms with van der Waals surface area (Å²) in [6, 6.07) is 2.10. The molecule has 2 aliphatic heterocycles. The Labute approximate surface area is 129 Å². The molecule has 0 unspecified atom stereocenters. The molecule has 0 radical (unpaired) electrons. The Bertz CT molecular complexity index is 527. The predicted octanol–water partition coefficient (Wildman–Crippen LogP) is 2.63. The van der Waals surface area contributed by atoms with E-state index in [4.69, 9.17) is 9.47 Å². The molecule has 4 nitrogen and oxygen atoms in total. The molecule has 0 saturated carbocycles. The summed E-state index contributed by atoms with van der Waals surface area (Å²) in [4.78, 5) is 15.5. The molecule has 2 saturated heterocycles. The lowest BCUT2D eigenvalue weighted by Gasteiger charge is -2.31. The van der Waals surface area contributed by atoms with Gasteiger partial charge in [-0.25, -0.2) is 0 Å². The highest BCUT2D eigenvalue weighted by atomic mass is 32.1. The van der Waals surface area contributed by atoms with Crippen LogP contribution in [0.2, 0.25) is 0 Å². The van der Waals surface area contributed by atoms with Gasteiger partial charge in [0.2, 0.25) is 0 Å². The molecule has 1 amide bonds. The lowest BCUT2D eigenvalue weighted by molar-refractivity contribution is -0.0708. The smallest absolute Gasteiger partial charge is 0.264 e. The van der Waals surface area contributed by atoms with Crippen LogP contribution < -0.4 is 0 Å². The van der Waals surface area contributed by atoms with E-state index >= 15 is 0 Å². The second kappa shape index (κ2) is 6.30. The van der Waals surface area contributed by atoms with Crippen LogP contribution in [0.4, 0.5) is 0 Å². The molecule has 3 heterocycles. The zero-order valence-electron chi connectivity index (χ0n) is 12.3. The van der Waals surface area contributed by atoms with Crippen molar-refractivity contribution in [1.29, 1.82) is 0 Å². The van der Waals surface area contributed by atoms with E-state index in [2.05, 4.69) is 6.58 Å². The summed E-state index contributed by atoms with van der Waals surface area (Å²) in [5, 5.41) is 2.02. The quantitative estimate of drug-likeness (QED) is 0.803. The monoisotopic (exact) mass is 307 g/mol. The molecule has 0 bridgehead atoms. The van der Waals surface area contributed by atoms with E-state index in [1.807, 2.05) is 23.3 Å². The van der Waals surface area contributed by atoms with Crippen LogP contribution in [0.25, 0.3) is 0 Å². The van der Waals surface area contributed by atoms with Gasteiger partial charge in [-0.2, -0.15) is 0 Å². The molecule has 114 valence electrons. The minimum absolute atomic E-state index is 0.00343. The topological polar surface area (TPSA) is 38.8 Å². The lowest BCUT2D eigenvalue weighted by atomic mass is 10.0. The number of amides is 1. The average Bonchev–Trinajstić information content (AvgIpc) is 3.09. The van der Waals surface area contributed by atoms with Gasteiger partial charge in [-0.3, -0.25) is 4.79 Å². The zero-order valence-corrected chi connectivity index (χ0v) is 13.1. The van der Waals surface area contributed by atoms with Crippen molar-refractivity contribution in [3.05, 3.63) is 34.5 Å². The first-order valence-electron chi connectivity index (χ1n) is 7.41. The number of rotatable bonds is 4. The van der Waals surface area contributed by atoms with Gasteiger partial charge in [0, 0.05) is 6.61 Å². The van der Waals surface area contributed by atoms with Crippen molar-refractivity contribution in [3.63, 3.8) is 0 Å². The Kier molecular flexibility index (Phi) is 4.42. The fourth-order valence-corrected chi connectivity index (χ4v) is 4.02. The van der Waals surface area contributed by atoms with Crippen LogP contribution in [0.3, 0.4) is 0 Å². The molecule has 21 heavy (non-hydrogen) atoms. The molecular formula is C16H21NO3S. The van der Waals surface area contributed by atoms with Crippen molar-refractivity contribution < 1.29 is 14.3 Å². The number of ether oxygens (including phenoxy) is 2. The van der Waals surface area contributed by atoms with Gasteiger partial charge < -0.3 is 14.4 Å². The Morgan fingerprint density at radius 1 is 1.67 bits per heavy atom. The van der Waals surface area contributed by atoms with Crippen molar-refractivity contribution in [2.24, 2.45) is 0 Å². The fraction of sp³-hybridized carbons (Fsp3) is 0.562. The highest BCUT2D eigenvalue weighted by Gasteiger charge is 2.46. The number of hydrogen-bond acceptors (Lipinski definition) is 4. The zero-order chi connectivity index (χ0) is 14.8. The lowest BCUT2D eigenvalue weighted by Crippen LogP contribution is -2.43. The molecule has 1 aromatic heterocycles. The summed E-state index contributed by atoms with van der Waals surface area (Å²) in [7, 11) is 0. The average molecular weight is 307 g/mol. The minimum Gasteiger partial charge on any atom is -0.373 e. The van der Waals surface area contributed by atoms with E-state index in [9.17, 15) is 4.79 Å². The third kappa shape index (κ3) is 2.91. The maximum absolute atomic E-state index is 12.7.